The second kappa shape index (κ2) is 6.83. The molecule has 2 N–H and O–H groups in total. The molecule has 0 aliphatic heterocycles. The number of nitrogens with zero attached hydrogens (tertiary/aromatic N) is 1. The van der Waals surface area contributed by atoms with Crippen LogP contribution in [0.25, 0.3) is 11.0 Å². The highest BCUT2D eigenvalue weighted by molar-refractivity contribution is 8.00. The van der Waals surface area contributed by atoms with Gasteiger partial charge < -0.3 is 10.3 Å². The van der Waals surface area contributed by atoms with Crippen LogP contribution in [0.4, 0.5) is 5.69 Å². The van der Waals surface area contributed by atoms with E-state index in [2.05, 4.69) is 15.3 Å². The Hall–Kier alpha value is -1.69. The van der Waals surface area contributed by atoms with E-state index in [-0.39, 0.29) is 11.2 Å². The van der Waals surface area contributed by atoms with Gasteiger partial charge >= 0.3 is 0 Å². The third-order valence-electron chi connectivity index (χ3n) is 3.19. The molecule has 3 aromatic rings. The van der Waals surface area contributed by atoms with Crippen LogP contribution >= 0.6 is 35.0 Å². The van der Waals surface area contributed by atoms with Crippen molar-refractivity contribution in [3.63, 3.8) is 0 Å². The molecule has 0 aliphatic carbocycles. The maximum Gasteiger partial charge on any atom is 0.237 e. The molecule has 4 nitrogen and oxygen atoms in total. The number of hydrogen-bond acceptors (Lipinski definition) is 3. The zero-order chi connectivity index (χ0) is 16.4. The smallest absolute Gasteiger partial charge is 0.237 e. The maximum atomic E-state index is 12.2. The van der Waals surface area contributed by atoms with Crippen LogP contribution in [-0.4, -0.2) is 21.1 Å². The summed E-state index contributed by atoms with van der Waals surface area (Å²) < 4.78 is 0. The predicted molar refractivity (Wildman–Crippen MR) is 96.5 cm³/mol. The van der Waals surface area contributed by atoms with Gasteiger partial charge in [-0.25, -0.2) is 4.98 Å². The van der Waals surface area contributed by atoms with Gasteiger partial charge in [-0.3, -0.25) is 4.79 Å². The lowest BCUT2D eigenvalue weighted by Crippen LogP contribution is -2.22. The molecule has 1 atom stereocenters. The number of carbonyl (C=O) groups excluding carboxylic acids is 1. The number of aromatic nitrogens is 2. The van der Waals surface area contributed by atoms with Crippen molar-refractivity contribution in [2.75, 3.05) is 5.32 Å². The van der Waals surface area contributed by atoms with Crippen molar-refractivity contribution in [1.82, 2.24) is 9.97 Å². The third kappa shape index (κ3) is 3.99. The van der Waals surface area contributed by atoms with Crippen molar-refractivity contribution < 1.29 is 4.79 Å². The van der Waals surface area contributed by atoms with Gasteiger partial charge in [0.2, 0.25) is 5.91 Å². The van der Waals surface area contributed by atoms with Crippen LogP contribution in [0.1, 0.15) is 6.92 Å². The first kappa shape index (κ1) is 16.2. The molecule has 0 saturated carbocycles. The van der Waals surface area contributed by atoms with Crippen LogP contribution in [0.15, 0.2) is 47.6 Å². The predicted octanol–water partition coefficient (Wildman–Crippen LogP) is 4.99. The molecule has 7 heteroatoms. The van der Waals surface area contributed by atoms with E-state index in [4.69, 9.17) is 23.2 Å². The molecular weight excluding hydrogens is 353 g/mol. The number of imidazole rings is 1. The molecule has 0 fully saturated rings. The Kier molecular flexibility index (Phi) is 4.80. The van der Waals surface area contributed by atoms with E-state index in [0.717, 1.165) is 11.0 Å². The van der Waals surface area contributed by atoms with Gasteiger partial charge in [0.1, 0.15) is 0 Å². The molecule has 0 unspecified atom stereocenters. The monoisotopic (exact) mass is 365 g/mol. The van der Waals surface area contributed by atoms with Gasteiger partial charge in [0.05, 0.1) is 16.3 Å². The van der Waals surface area contributed by atoms with Gasteiger partial charge in [-0.2, -0.15) is 0 Å². The third-order valence-corrected chi connectivity index (χ3v) is 4.66. The number of benzene rings is 2. The number of aromatic amines is 1. The van der Waals surface area contributed by atoms with Gasteiger partial charge in [0.15, 0.2) is 5.16 Å². The van der Waals surface area contributed by atoms with E-state index < -0.39 is 0 Å². The van der Waals surface area contributed by atoms with Crippen LogP contribution in [0.3, 0.4) is 0 Å². The fourth-order valence-electron chi connectivity index (χ4n) is 2.01. The number of fused-ring (bicyclic) bond motifs is 1. The van der Waals surface area contributed by atoms with Crippen molar-refractivity contribution in [2.45, 2.75) is 17.3 Å². The molecule has 2 aromatic carbocycles. The number of nitrogens with one attached hydrogen (secondary N) is 2. The summed E-state index contributed by atoms with van der Waals surface area (Å²) in [5.74, 6) is -0.101. The molecule has 118 valence electrons. The Morgan fingerprint density at radius 2 is 1.87 bits per heavy atom. The summed E-state index contributed by atoms with van der Waals surface area (Å²) in [5, 5.41) is 4.50. The van der Waals surface area contributed by atoms with E-state index in [9.17, 15) is 4.79 Å². The van der Waals surface area contributed by atoms with E-state index >= 15 is 0 Å². The van der Waals surface area contributed by atoms with Crippen LogP contribution in [0.2, 0.25) is 10.0 Å². The summed E-state index contributed by atoms with van der Waals surface area (Å²) in [4.78, 5) is 19.9. The van der Waals surface area contributed by atoms with Gasteiger partial charge in [-0.05, 0) is 49.4 Å². The highest BCUT2D eigenvalue weighted by atomic mass is 35.5. The zero-order valence-electron chi connectivity index (χ0n) is 12.1. The number of hydrogen-bond donors (Lipinski definition) is 2. The van der Waals surface area contributed by atoms with Crippen molar-refractivity contribution >= 4 is 57.6 Å². The average Bonchev–Trinajstić information content (AvgIpc) is 2.90. The number of H-pyrrole nitrogens is 1. The Morgan fingerprint density at radius 3 is 2.61 bits per heavy atom. The van der Waals surface area contributed by atoms with E-state index in [1.54, 1.807) is 30.3 Å². The standard InChI is InChI=1S/C16H13Cl2N3OS/c1-9(15(22)19-12-5-2-10(17)3-6-12)23-16-20-13-7-4-11(18)8-14(13)21-16/h2-9H,1H3,(H,19,22)(H,20,21)/t9-/m1/s1. The van der Waals surface area contributed by atoms with Gasteiger partial charge in [-0.1, -0.05) is 35.0 Å². The molecule has 1 heterocycles. The zero-order valence-corrected chi connectivity index (χ0v) is 14.5. The van der Waals surface area contributed by atoms with Crippen LogP contribution < -0.4 is 5.32 Å². The molecule has 23 heavy (non-hydrogen) atoms. The van der Waals surface area contributed by atoms with E-state index in [1.807, 2.05) is 19.1 Å². The fraction of sp³-hybridized carbons (Fsp3) is 0.125. The molecule has 0 bridgehead atoms. The van der Waals surface area contributed by atoms with Crippen LogP contribution in [-0.2, 0) is 4.79 Å². The molecule has 3 rings (SSSR count). The van der Waals surface area contributed by atoms with E-state index in [1.165, 1.54) is 11.8 Å². The van der Waals surface area contributed by atoms with E-state index in [0.29, 0.717) is 20.9 Å². The Bertz CT molecular complexity index is 848. The fourth-order valence-corrected chi connectivity index (χ4v) is 3.13. The normalized spacial score (nSPS) is 12.3. The van der Waals surface area contributed by atoms with Crippen molar-refractivity contribution in [2.24, 2.45) is 0 Å². The van der Waals surface area contributed by atoms with Crippen molar-refractivity contribution in [1.29, 1.82) is 0 Å². The first-order chi connectivity index (χ1) is 11.0. The second-order valence-corrected chi connectivity index (χ2v) is 7.16. The molecular formula is C16H13Cl2N3OS. The summed E-state index contributed by atoms with van der Waals surface area (Å²) in [6.07, 6.45) is 0. The number of rotatable bonds is 4. The Balaban J connectivity index is 1.68. The summed E-state index contributed by atoms with van der Waals surface area (Å²) in [7, 11) is 0. The highest BCUT2D eigenvalue weighted by Gasteiger charge is 2.17. The lowest BCUT2D eigenvalue weighted by Gasteiger charge is -2.10. The van der Waals surface area contributed by atoms with Crippen molar-refractivity contribution in [3.8, 4) is 0 Å². The van der Waals surface area contributed by atoms with Crippen LogP contribution in [0, 0.1) is 0 Å². The molecule has 0 spiro atoms. The lowest BCUT2D eigenvalue weighted by atomic mass is 10.3. The number of anilines is 1. The maximum absolute atomic E-state index is 12.2. The van der Waals surface area contributed by atoms with Gasteiger partial charge in [-0.15, -0.1) is 0 Å². The summed E-state index contributed by atoms with van der Waals surface area (Å²) in [6, 6.07) is 12.4. The second-order valence-electron chi connectivity index (χ2n) is 4.96. The quantitative estimate of drug-likeness (QED) is 0.640. The SMILES string of the molecule is C[C@@H](Sc1nc2ccc(Cl)cc2[nH]1)C(=O)Nc1ccc(Cl)cc1. The van der Waals surface area contributed by atoms with Crippen LogP contribution in [0.5, 0.6) is 0 Å². The molecule has 1 aromatic heterocycles. The first-order valence-electron chi connectivity index (χ1n) is 6.89. The molecule has 0 saturated heterocycles. The minimum Gasteiger partial charge on any atom is -0.333 e. The molecule has 1 amide bonds. The largest absolute Gasteiger partial charge is 0.333 e. The molecule has 0 aliphatic rings. The summed E-state index contributed by atoms with van der Waals surface area (Å²) in [6.45, 7) is 1.83. The summed E-state index contributed by atoms with van der Waals surface area (Å²) in [5.41, 5.74) is 2.38. The number of carbonyl (C=O) groups is 1. The van der Waals surface area contributed by atoms with Gasteiger partial charge in [0, 0.05) is 15.7 Å². The average molecular weight is 366 g/mol. The Morgan fingerprint density at radius 1 is 1.17 bits per heavy atom. The number of thioether (sulfide) groups is 1. The topological polar surface area (TPSA) is 57.8 Å². The number of amides is 1. The molecule has 0 radical (unpaired) electrons. The minimum absolute atomic E-state index is 0.101. The lowest BCUT2D eigenvalue weighted by molar-refractivity contribution is -0.115. The van der Waals surface area contributed by atoms with Crippen molar-refractivity contribution in [3.05, 3.63) is 52.5 Å². The van der Waals surface area contributed by atoms with Gasteiger partial charge in [0.25, 0.3) is 0 Å². The Labute approximate surface area is 147 Å². The summed E-state index contributed by atoms with van der Waals surface area (Å²) >= 11 is 13.1. The first-order valence-corrected chi connectivity index (χ1v) is 8.53. The highest BCUT2D eigenvalue weighted by Crippen LogP contribution is 2.26. The number of halogens is 2. The minimum atomic E-state index is -0.304.